The van der Waals surface area contributed by atoms with E-state index in [-0.39, 0.29) is 28.4 Å². The van der Waals surface area contributed by atoms with E-state index in [0.29, 0.717) is 30.8 Å². The zero-order chi connectivity index (χ0) is 24.5. The number of aromatic carboxylic acids is 1. The Bertz CT molecular complexity index is 1080. The number of hydrogen-bond acceptors (Lipinski definition) is 5. The molecule has 0 aromatic heterocycles. The van der Waals surface area contributed by atoms with Gasteiger partial charge in [-0.1, -0.05) is 11.6 Å². The molecule has 6 nitrogen and oxygen atoms in total. The second kappa shape index (κ2) is 9.56. The fourth-order valence-corrected chi connectivity index (χ4v) is 4.11. The highest BCUT2D eigenvalue weighted by Gasteiger charge is 2.32. The number of benzene rings is 2. The van der Waals surface area contributed by atoms with Crippen LogP contribution >= 0.6 is 11.6 Å². The second-order valence-corrected chi connectivity index (χ2v) is 8.31. The quantitative estimate of drug-likeness (QED) is 0.344. The third kappa shape index (κ3) is 6.14. The molecule has 0 bridgehead atoms. The van der Waals surface area contributed by atoms with Gasteiger partial charge in [0.25, 0.3) is 0 Å². The molecule has 1 heterocycles. The minimum Gasteiger partial charge on any atom is -0.478 e. The van der Waals surface area contributed by atoms with Crippen molar-refractivity contribution in [3.63, 3.8) is 0 Å². The van der Waals surface area contributed by atoms with Gasteiger partial charge in [0.1, 0.15) is 11.6 Å². The summed E-state index contributed by atoms with van der Waals surface area (Å²) in [5.41, 5.74) is 0.716. The van der Waals surface area contributed by atoms with Crippen LogP contribution in [0.5, 0.6) is 5.75 Å². The van der Waals surface area contributed by atoms with Crippen LogP contribution < -0.4 is 10.1 Å². The van der Waals surface area contributed by atoms with Crippen LogP contribution in [0.1, 0.15) is 47.8 Å². The zero-order valence-corrected chi connectivity index (χ0v) is 18.5. The minimum atomic E-state index is -4.83. The summed E-state index contributed by atoms with van der Waals surface area (Å²) < 4.78 is 56.0. The highest BCUT2D eigenvalue weighted by atomic mass is 35.5. The van der Waals surface area contributed by atoms with Crippen molar-refractivity contribution in [3.05, 3.63) is 57.9 Å². The van der Waals surface area contributed by atoms with E-state index in [1.807, 2.05) is 11.8 Å². The highest BCUT2D eigenvalue weighted by Crippen LogP contribution is 2.33. The Morgan fingerprint density at radius 3 is 2.58 bits per heavy atom. The summed E-state index contributed by atoms with van der Waals surface area (Å²) >= 11 is 5.99. The Hall–Kier alpha value is -2.85. The predicted octanol–water partition coefficient (Wildman–Crippen LogP) is 5.71. The maximum absolute atomic E-state index is 14.2. The molecule has 0 amide bonds. The van der Waals surface area contributed by atoms with Gasteiger partial charge in [0.05, 0.1) is 5.56 Å². The molecule has 0 radical (unpaired) electrons. The minimum absolute atomic E-state index is 0.0827. The molecule has 2 unspecified atom stereocenters. The van der Waals surface area contributed by atoms with Gasteiger partial charge in [0, 0.05) is 47.2 Å². The van der Waals surface area contributed by atoms with E-state index >= 15 is 0 Å². The number of hydrogen-bond donors (Lipinski definition) is 3. The van der Waals surface area contributed by atoms with E-state index < -0.39 is 29.5 Å². The van der Waals surface area contributed by atoms with Crippen molar-refractivity contribution in [2.75, 3.05) is 18.4 Å². The molecule has 3 rings (SSSR count). The Kier molecular flexibility index (Phi) is 7.18. The van der Waals surface area contributed by atoms with Crippen molar-refractivity contribution in [1.82, 2.24) is 4.90 Å². The molecular weight excluding hydrogens is 466 g/mol. The lowest BCUT2D eigenvalue weighted by atomic mass is 10.0. The number of carboxylic acids is 1. The number of carbonyl (C=O) groups is 1. The van der Waals surface area contributed by atoms with Crippen molar-refractivity contribution in [2.45, 2.75) is 38.7 Å². The number of nitrogens with zero attached hydrogens (tertiary/aromatic N) is 1. The standard InChI is InChI=1S/C22H22ClF4N3O3/c1-11(28)17-8-18(21(31)32)19(24)9-20(17)29-15-3-4-30(10-15)12(2)13-5-14(23)7-16(6-13)33-22(25,26)27/h5-9,12,15,28-29H,3-4,10H2,1-2H3,(H,31,32). The van der Waals surface area contributed by atoms with Crippen LogP contribution in [0, 0.1) is 11.2 Å². The molecule has 11 heteroatoms. The first-order valence-electron chi connectivity index (χ1n) is 10.0. The molecule has 0 spiro atoms. The normalized spacial score (nSPS) is 17.6. The summed E-state index contributed by atoms with van der Waals surface area (Å²) in [6.45, 7) is 4.41. The van der Waals surface area contributed by atoms with Gasteiger partial charge in [-0.2, -0.15) is 0 Å². The van der Waals surface area contributed by atoms with Gasteiger partial charge in [-0.25, -0.2) is 9.18 Å². The third-order valence-corrected chi connectivity index (χ3v) is 5.70. The molecule has 178 valence electrons. The van der Waals surface area contributed by atoms with Crippen molar-refractivity contribution in [2.24, 2.45) is 0 Å². The van der Waals surface area contributed by atoms with Crippen molar-refractivity contribution < 1.29 is 32.2 Å². The molecule has 2 aromatic carbocycles. The number of anilines is 1. The fraction of sp³-hybridized carbons (Fsp3) is 0.364. The first kappa shape index (κ1) is 24.8. The van der Waals surface area contributed by atoms with Gasteiger partial charge in [0.15, 0.2) is 0 Å². The monoisotopic (exact) mass is 487 g/mol. The van der Waals surface area contributed by atoms with Crippen LogP contribution in [-0.2, 0) is 0 Å². The molecule has 1 fully saturated rings. The topological polar surface area (TPSA) is 85.7 Å². The smallest absolute Gasteiger partial charge is 0.478 e. The third-order valence-electron chi connectivity index (χ3n) is 5.48. The van der Waals surface area contributed by atoms with E-state index in [9.17, 15) is 22.4 Å². The maximum Gasteiger partial charge on any atom is 0.573 e. The average Bonchev–Trinajstić information content (AvgIpc) is 3.13. The Labute approximate surface area is 192 Å². The second-order valence-electron chi connectivity index (χ2n) is 7.88. The average molecular weight is 488 g/mol. The Morgan fingerprint density at radius 2 is 1.97 bits per heavy atom. The number of halogens is 5. The molecular formula is C22H22ClF4N3O3. The summed E-state index contributed by atoms with van der Waals surface area (Å²) in [5, 5.41) is 20.3. The Morgan fingerprint density at radius 1 is 1.27 bits per heavy atom. The number of rotatable bonds is 7. The molecule has 2 aromatic rings. The summed E-state index contributed by atoms with van der Waals surface area (Å²) in [6, 6.07) is 5.74. The SMILES string of the molecule is CC(=N)c1cc(C(=O)O)c(F)cc1NC1CCN(C(C)c2cc(Cl)cc(OC(F)(F)F)c2)C1. The van der Waals surface area contributed by atoms with E-state index in [1.54, 1.807) is 6.07 Å². The Balaban J connectivity index is 1.76. The van der Waals surface area contributed by atoms with Crippen LogP contribution in [0.15, 0.2) is 30.3 Å². The maximum atomic E-state index is 14.2. The fourth-order valence-electron chi connectivity index (χ4n) is 3.87. The molecule has 1 aliphatic rings. The molecule has 0 saturated carbocycles. The van der Waals surface area contributed by atoms with Gasteiger partial charge in [-0.05, 0) is 56.2 Å². The van der Waals surface area contributed by atoms with E-state index in [1.165, 1.54) is 13.0 Å². The lowest BCUT2D eigenvalue weighted by Crippen LogP contribution is -2.29. The predicted molar refractivity (Wildman–Crippen MR) is 116 cm³/mol. The van der Waals surface area contributed by atoms with E-state index in [4.69, 9.17) is 22.1 Å². The number of ether oxygens (including phenoxy) is 1. The van der Waals surface area contributed by atoms with Crippen LogP contribution in [0.2, 0.25) is 5.02 Å². The number of carboxylic acid groups (broad SMARTS) is 1. The van der Waals surface area contributed by atoms with Crippen LogP contribution in [-0.4, -0.2) is 47.2 Å². The molecule has 0 aliphatic carbocycles. The van der Waals surface area contributed by atoms with E-state index in [0.717, 1.165) is 18.2 Å². The van der Waals surface area contributed by atoms with E-state index in [2.05, 4.69) is 10.1 Å². The van der Waals surface area contributed by atoms with Gasteiger partial charge in [0.2, 0.25) is 0 Å². The number of alkyl halides is 3. The van der Waals surface area contributed by atoms with Crippen LogP contribution in [0.4, 0.5) is 23.2 Å². The van der Waals surface area contributed by atoms with Gasteiger partial charge >= 0.3 is 12.3 Å². The lowest BCUT2D eigenvalue weighted by Gasteiger charge is -2.26. The molecule has 1 saturated heterocycles. The van der Waals surface area contributed by atoms with Crippen LogP contribution in [0.3, 0.4) is 0 Å². The van der Waals surface area contributed by atoms with Gasteiger partial charge in [-0.15, -0.1) is 13.2 Å². The number of likely N-dealkylation sites (tertiary alicyclic amines) is 1. The van der Waals surface area contributed by atoms with Crippen LogP contribution in [0.25, 0.3) is 0 Å². The summed E-state index contributed by atoms with van der Waals surface area (Å²) in [5.74, 6) is -2.72. The molecule has 1 aliphatic heterocycles. The first-order chi connectivity index (χ1) is 15.3. The van der Waals surface area contributed by atoms with Crippen molar-refractivity contribution in [1.29, 1.82) is 5.41 Å². The first-order valence-corrected chi connectivity index (χ1v) is 10.4. The van der Waals surface area contributed by atoms with Crippen molar-refractivity contribution >= 4 is 29.0 Å². The largest absolute Gasteiger partial charge is 0.573 e. The van der Waals surface area contributed by atoms with Gasteiger partial charge in [-0.3, -0.25) is 4.90 Å². The lowest BCUT2D eigenvalue weighted by molar-refractivity contribution is -0.274. The van der Waals surface area contributed by atoms with Gasteiger partial charge < -0.3 is 20.6 Å². The van der Waals surface area contributed by atoms with Crippen molar-refractivity contribution in [3.8, 4) is 5.75 Å². The zero-order valence-electron chi connectivity index (χ0n) is 17.8. The molecule has 33 heavy (non-hydrogen) atoms. The summed E-state index contributed by atoms with van der Waals surface area (Å²) in [4.78, 5) is 13.2. The highest BCUT2D eigenvalue weighted by molar-refractivity contribution is 6.30. The molecule has 2 atom stereocenters. The summed E-state index contributed by atoms with van der Waals surface area (Å²) in [6.07, 6.45) is -4.18. The molecule has 3 N–H and O–H groups in total. The summed E-state index contributed by atoms with van der Waals surface area (Å²) in [7, 11) is 0. The number of nitrogens with one attached hydrogen (secondary N) is 2.